The lowest BCUT2D eigenvalue weighted by atomic mass is 10.6. The molecule has 0 aromatic rings. The van der Waals surface area contributed by atoms with Crippen LogP contribution in [-0.4, -0.2) is 30.9 Å². The van der Waals surface area contributed by atoms with Crippen molar-refractivity contribution in [3.8, 4) is 0 Å². The minimum Gasteiger partial charge on any atom is -0.465 e. The maximum Gasteiger partial charge on any atom is 0.331 e. The van der Waals surface area contributed by atoms with E-state index in [1.807, 2.05) is 0 Å². The van der Waals surface area contributed by atoms with Gasteiger partial charge in [-0.25, -0.2) is 4.79 Å². The Balaban J connectivity index is 3.52. The van der Waals surface area contributed by atoms with Crippen molar-refractivity contribution in [3.63, 3.8) is 0 Å². The molecule has 5 heteroatoms. The van der Waals surface area contributed by atoms with Crippen LogP contribution in [0.3, 0.4) is 0 Å². The highest BCUT2D eigenvalue weighted by Gasteiger charge is 1.99. The monoisotopic (exact) mass is 218 g/mol. The molecule has 80 valence electrons. The molecule has 4 nitrogen and oxygen atoms in total. The predicted octanol–water partition coefficient (Wildman–Crippen LogP) is 1.36. The van der Waals surface area contributed by atoms with E-state index in [9.17, 15) is 9.59 Å². The highest BCUT2D eigenvalue weighted by molar-refractivity contribution is 8.02. The van der Waals surface area contributed by atoms with Crippen molar-refractivity contribution >= 4 is 23.7 Å². The summed E-state index contributed by atoms with van der Waals surface area (Å²) in [6.45, 7) is 4.21. The highest BCUT2D eigenvalue weighted by Crippen LogP contribution is 2.02. The fraction of sp³-hybridized carbons (Fsp3) is 0.556. The summed E-state index contributed by atoms with van der Waals surface area (Å²) in [5, 5.41) is 1.52. The summed E-state index contributed by atoms with van der Waals surface area (Å²) < 4.78 is 9.33. The molecule has 0 saturated heterocycles. The van der Waals surface area contributed by atoms with Gasteiger partial charge in [-0.3, -0.25) is 4.79 Å². The van der Waals surface area contributed by atoms with Crippen molar-refractivity contribution in [2.75, 3.05) is 19.0 Å². The molecule has 0 amide bonds. The second kappa shape index (κ2) is 8.62. The van der Waals surface area contributed by atoms with Gasteiger partial charge in [-0.1, -0.05) is 0 Å². The van der Waals surface area contributed by atoms with Gasteiger partial charge < -0.3 is 9.47 Å². The topological polar surface area (TPSA) is 52.6 Å². The van der Waals surface area contributed by atoms with Crippen LogP contribution in [0.15, 0.2) is 11.5 Å². The van der Waals surface area contributed by atoms with Crippen molar-refractivity contribution in [2.45, 2.75) is 13.8 Å². The van der Waals surface area contributed by atoms with E-state index in [2.05, 4.69) is 9.47 Å². The molecule has 0 atom stereocenters. The average Bonchev–Trinajstić information content (AvgIpc) is 2.13. The molecule has 0 aliphatic rings. The molecule has 14 heavy (non-hydrogen) atoms. The average molecular weight is 218 g/mol. The summed E-state index contributed by atoms with van der Waals surface area (Å²) in [6.07, 6.45) is 1.29. The molecule has 0 rings (SSSR count). The lowest BCUT2D eigenvalue weighted by Crippen LogP contribution is -2.05. The Kier molecular flexibility index (Phi) is 8.02. The maximum absolute atomic E-state index is 10.8. The first-order valence-electron chi connectivity index (χ1n) is 4.31. The van der Waals surface area contributed by atoms with E-state index in [0.717, 1.165) is 0 Å². The Morgan fingerprint density at radius 2 is 1.86 bits per heavy atom. The van der Waals surface area contributed by atoms with Crippen LogP contribution < -0.4 is 0 Å². The molecule has 0 saturated carbocycles. The van der Waals surface area contributed by atoms with Gasteiger partial charge in [0, 0.05) is 6.08 Å². The van der Waals surface area contributed by atoms with Crippen LogP contribution in [0.25, 0.3) is 0 Å². The molecule has 0 aromatic carbocycles. The van der Waals surface area contributed by atoms with Crippen molar-refractivity contribution in [3.05, 3.63) is 11.5 Å². The molecule has 0 radical (unpaired) electrons. The van der Waals surface area contributed by atoms with Gasteiger partial charge >= 0.3 is 11.9 Å². The van der Waals surface area contributed by atoms with E-state index >= 15 is 0 Å². The molecule has 0 fully saturated rings. The van der Waals surface area contributed by atoms with Gasteiger partial charge in [0.15, 0.2) is 0 Å². The van der Waals surface area contributed by atoms with Crippen molar-refractivity contribution in [2.24, 2.45) is 0 Å². The lowest BCUT2D eigenvalue weighted by Gasteiger charge is -1.98. The summed E-state index contributed by atoms with van der Waals surface area (Å²) in [7, 11) is 0. The lowest BCUT2D eigenvalue weighted by molar-refractivity contribution is -0.140. The van der Waals surface area contributed by atoms with Gasteiger partial charge in [-0.2, -0.15) is 0 Å². The van der Waals surface area contributed by atoms with Crippen LogP contribution in [-0.2, 0) is 19.1 Å². The Labute approximate surface area is 87.6 Å². The predicted molar refractivity (Wildman–Crippen MR) is 54.9 cm³/mol. The molecule has 0 aromatic heterocycles. The second-order valence-electron chi connectivity index (χ2n) is 2.17. The first kappa shape index (κ1) is 13.0. The molecule has 0 N–H and O–H groups in total. The SMILES string of the molecule is CCOC(=O)/C=C\SCC(=O)OCC. The fourth-order valence-electron chi connectivity index (χ4n) is 0.613. The van der Waals surface area contributed by atoms with Crippen molar-refractivity contribution in [1.82, 2.24) is 0 Å². The third-order valence-electron chi connectivity index (χ3n) is 1.09. The van der Waals surface area contributed by atoms with Crippen molar-refractivity contribution in [1.29, 1.82) is 0 Å². The van der Waals surface area contributed by atoms with Crippen LogP contribution in [0.4, 0.5) is 0 Å². The second-order valence-corrected chi connectivity index (χ2v) is 3.06. The Morgan fingerprint density at radius 3 is 2.43 bits per heavy atom. The number of hydrogen-bond donors (Lipinski definition) is 0. The highest BCUT2D eigenvalue weighted by atomic mass is 32.2. The van der Waals surface area contributed by atoms with E-state index in [1.165, 1.54) is 23.2 Å². The number of esters is 2. The summed E-state index contributed by atoms with van der Waals surface area (Å²) in [6, 6.07) is 0. The molecule has 0 unspecified atom stereocenters. The quantitative estimate of drug-likeness (QED) is 0.497. The molecule has 0 aliphatic heterocycles. The molecule has 0 heterocycles. The molecule has 0 aliphatic carbocycles. The maximum atomic E-state index is 10.8. The van der Waals surface area contributed by atoms with Crippen LogP contribution in [0.5, 0.6) is 0 Å². The van der Waals surface area contributed by atoms with Gasteiger partial charge in [-0.05, 0) is 19.3 Å². The number of thioether (sulfide) groups is 1. The van der Waals surface area contributed by atoms with Crippen LogP contribution in [0.1, 0.15) is 13.8 Å². The summed E-state index contributed by atoms with van der Waals surface area (Å²) in [4.78, 5) is 21.6. The zero-order chi connectivity index (χ0) is 10.8. The Morgan fingerprint density at radius 1 is 1.21 bits per heavy atom. The first-order valence-corrected chi connectivity index (χ1v) is 5.36. The van der Waals surface area contributed by atoms with Crippen LogP contribution >= 0.6 is 11.8 Å². The number of rotatable bonds is 6. The molecule has 0 bridgehead atoms. The zero-order valence-electron chi connectivity index (χ0n) is 8.32. The number of carbonyl (C=O) groups is 2. The third kappa shape index (κ3) is 7.67. The smallest absolute Gasteiger partial charge is 0.331 e. The number of hydrogen-bond acceptors (Lipinski definition) is 5. The summed E-state index contributed by atoms with van der Waals surface area (Å²) in [5.74, 6) is -0.473. The standard InChI is InChI=1S/C9H14O4S/c1-3-12-8(10)5-6-14-7-9(11)13-4-2/h5-6H,3-4,7H2,1-2H3/b6-5-. The Bertz CT molecular complexity index is 213. The molecular formula is C9H14O4S. The largest absolute Gasteiger partial charge is 0.465 e. The first-order chi connectivity index (χ1) is 6.70. The molecule has 0 spiro atoms. The van der Waals surface area contributed by atoms with Gasteiger partial charge in [0.2, 0.25) is 0 Å². The van der Waals surface area contributed by atoms with Crippen molar-refractivity contribution < 1.29 is 19.1 Å². The summed E-state index contributed by atoms with van der Waals surface area (Å²) >= 11 is 1.20. The van der Waals surface area contributed by atoms with E-state index in [0.29, 0.717) is 13.2 Å². The number of carbonyl (C=O) groups excluding carboxylic acids is 2. The van der Waals surface area contributed by atoms with E-state index in [4.69, 9.17) is 0 Å². The molecular weight excluding hydrogens is 204 g/mol. The minimum atomic E-state index is -0.399. The van der Waals surface area contributed by atoms with E-state index < -0.39 is 5.97 Å². The fourth-order valence-corrected chi connectivity index (χ4v) is 1.14. The van der Waals surface area contributed by atoms with Gasteiger partial charge in [0.25, 0.3) is 0 Å². The van der Waals surface area contributed by atoms with E-state index in [1.54, 1.807) is 13.8 Å². The van der Waals surface area contributed by atoms with Gasteiger partial charge in [0.05, 0.1) is 19.0 Å². The Hall–Kier alpha value is -0.970. The van der Waals surface area contributed by atoms with Crippen LogP contribution in [0, 0.1) is 0 Å². The third-order valence-corrected chi connectivity index (χ3v) is 1.82. The minimum absolute atomic E-state index is 0.212. The summed E-state index contributed by atoms with van der Waals surface area (Å²) in [5.41, 5.74) is 0. The number of ether oxygens (including phenoxy) is 2. The van der Waals surface area contributed by atoms with E-state index in [-0.39, 0.29) is 11.7 Å². The zero-order valence-corrected chi connectivity index (χ0v) is 9.13. The van der Waals surface area contributed by atoms with Gasteiger partial charge in [-0.15, -0.1) is 11.8 Å². The van der Waals surface area contributed by atoms with Crippen LogP contribution in [0.2, 0.25) is 0 Å². The normalized spacial score (nSPS) is 10.1. The van der Waals surface area contributed by atoms with Gasteiger partial charge in [0.1, 0.15) is 0 Å².